The molecule has 1 aliphatic heterocycles. The number of hydrogen-bond donors (Lipinski definition) is 2. The van der Waals surface area contributed by atoms with Crippen molar-refractivity contribution in [3.8, 4) is 0 Å². The predicted octanol–water partition coefficient (Wildman–Crippen LogP) is 0.325. The van der Waals surface area contributed by atoms with Gasteiger partial charge in [0.2, 0.25) is 0 Å². The van der Waals surface area contributed by atoms with Gasteiger partial charge in [-0.25, -0.2) is 4.79 Å². The van der Waals surface area contributed by atoms with Crippen molar-refractivity contribution in [3.05, 3.63) is 11.9 Å². The van der Waals surface area contributed by atoms with Crippen LogP contribution in [0.1, 0.15) is 29.8 Å². The summed E-state index contributed by atoms with van der Waals surface area (Å²) in [7, 11) is 1.71. The minimum Gasteiger partial charge on any atom is -0.465 e. The van der Waals surface area contributed by atoms with Crippen molar-refractivity contribution < 1.29 is 14.7 Å². The lowest BCUT2D eigenvalue weighted by atomic mass is 9.94. The third kappa shape index (κ3) is 3.69. The Morgan fingerprint density at radius 2 is 2.15 bits per heavy atom. The zero-order valence-electron chi connectivity index (χ0n) is 11.4. The second-order valence-electron chi connectivity index (χ2n) is 5.04. The van der Waals surface area contributed by atoms with Gasteiger partial charge in [0.1, 0.15) is 0 Å². The summed E-state index contributed by atoms with van der Waals surface area (Å²) in [5.74, 6) is 0.244. The number of nitrogens with zero attached hydrogens (tertiary/aromatic N) is 4. The molecule has 2 heterocycles. The zero-order chi connectivity index (χ0) is 14.5. The maximum Gasteiger partial charge on any atom is 0.407 e. The van der Waals surface area contributed by atoms with Gasteiger partial charge in [-0.15, -0.1) is 5.10 Å². The van der Waals surface area contributed by atoms with Crippen LogP contribution in [0.5, 0.6) is 0 Å². The highest BCUT2D eigenvalue weighted by Gasteiger charge is 2.22. The van der Waals surface area contributed by atoms with Crippen LogP contribution in [0.2, 0.25) is 0 Å². The lowest BCUT2D eigenvalue weighted by Gasteiger charge is -2.29. The molecular weight excluding hydrogens is 262 g/mol. The normalized spacial score (nSPS) is 16.1. The molecule has 1 saturated heterocycles. The summed E-state index contributed by atoms with van der Waals surface area (Å²) < 4.78 is 1.48. The third-order valence-corrected chi connectivity index (χ3v) is 3.56. The van der Waals surface area contributed by atoms with Crippen LogP contribution in [0.25, 0.3) is 0 Å². The molecular formula is C12H19N5O3. The number of carbonyl (C=O) groups is 2. The van der Waals surface area contributed by atoms with Gasteiger partial charge in [-0.3, -0.25) is 9.48 Å². The van der Waals surface area contributed by atoms with Crippen LogP contribution in [0.4, 0.5) is 4.79 Å². The van der Waals surface area contributed by atoms with Gasteiger partial charge in [0.15, 0.2) is 5.69 Å². The summed E-state index contributed by atoms with van der Waals surface area (Å²) in [4.78, 5) is 23.9. The smallest absolute Gasteiger partial charge is 0.407 e. The van der Waals surface area contributed by atoms with Gasteiger partial charge in [-0.05, 0) is 25.2 Å². The quantitative estimate of drug-likeness (QED) is 0.828. The van der Waals surface area contributed by atoms with Crippen molar-refractivity contribution in [1.29, 1.82) is 0 Å². The molecule has 8 heteroatoms. The van der Waals surface area contributed by atoms with Crippen LogP contribution in [-0.2, 0) is 7.05 Å². The Hall–Kier alpha value is -2.12. The van der Waals surface area contributed by atoms with E-state index in [9.17, 15) is 9.59 Å². The van der Waals surface area contributed by atoms with Gasteiger partial charge in [0.25, 0.3) is 5.91 Å². The molecule has 0 atom stereocenters. The van der Waals surface area contributed by atoms with Crippen molar-refractivity contribution in [3.63, 3.8) is 0 Å². The number of hydrogen-bond acceptors (Lipinski definition) is 4. The minimum atomic E-state index is -0.848. The first-order valence-corrected chi connectivity index (χ1v) is 6.68. The largest absolute Gasteiger partial charge is 0.465 e. The van der Waals surface area contributed by atoms with E-state index >= 15 is 0 Å². The van der Waals surface area contributed by atoms with Crippen molar-refractivity contribution >= 4 is 12.0 Å². The maximum absolute atomic E-state index is 11.7. The zero-order valence-corrected chi connectivity index (χ0v) is 11.4. The fourth-order valence-corrected chi connectivity index (χ4v) is 2.34. The van der Waals surface area contributed by atoms with E-state index in [-0.39, 0.29) is 5.91 Å². The summed E-state index contributed by atoms with van der Waals surface area (Å²) in [5.41, 5.74) is 0.313. The van der Waals surface area contributed by atoms with E-state index in [1.165, 1.54) is 9.58 Å². The number of aryl methyl sites for hydroxylation is 1. The van der Waals surface area contributed by atoms with Gasteiger partial charge in [0, 0.05) is 26.7 Å². The summed E-state index contributed by atoms with van der Waals surface area (Å²) in [6, 6.07) is 0. The molecule has 0 spiro atoms. The standard InChI is InChI=1S/C12H19N5O3/c1-16-8-10(14-15-16)11(18)13-5-2-9-3-6-17(7-4-9)12(19)20/h8-9H,2-7H2,1H3,(H,13,18)(H,19,20). The fourth-order valence-electron chi connectivity index (χ4n) is 2.34. The molecule has 1 aromatic heterocycles. The molecule has 0 unspecified atom stereocenters. The van der Waals surface area contributed by atoms with Crippen LogP contribution < -0.4 is 5.32 Å². The highest BCUT2D eigenvalue weighted by Crippen LogP contribution is 2.19. The molecule has 0 aliphatic carbocycles. The minimum absolute atomic E-state index is 0.221. The number of nitrogens with one attached hydrogen (secondary N) is 1. The molecule has 1 aliphatic rings. The first-order chi connectivity index (χ1) is 9.56. The van der Waals surface area contributed by atoms with E-state index in [0.717, 1.165) is 19.3 Å². The Bertz CT molecular complexity index is 479. The van der Waals surface area contributed by atoms with Gasteiger partial charge in [-0.1, -0.05) is 5.21 Å². The molecule has 20 heavy (non-hydrogen) atoms. The van der Waals surface area contributed by atoms with Crippen LogP contribution in [0, 0.1) is 5.92 Å². The van der Waals surface area contributed by atoms with Crippen molar-refractivity contribution in [2.45, 2.75) is 19.3 Å². The third-order valence-electron chi connectivity index (χ3n) is 3.56. The number of piperidine rings is 1. The molecule has 2 amide bonds. The van der Waals surface area contributed by atoms with Gasteiger partial charge < -0.3 is 15.3 Å². The monoisotopic (exact) mass is 281 g/mol. The van der Waals surface area contributed by atoms with Crippen molar-refractivity contribution in [1.82, 2.24) is 25.2 Å². The molecule has 8 nitrogen and oxygen atoms in total. The summed E-state index contributed by atoms with van der Waals surface area (Å²) in [6.45, 7) is 1.74. The average Bonchev–Trinajstić information content (AvgIpc) is 2.86. The Balaban J connectivity index is 1.67. The van der Waals surface area contributed by atoms with E-state index in [2.05, 4.69) is 15.6 Å². The number of carbonyl (C=O) groups excluding carboxylic acids is 1. The lowest BCUT2D eigenvalue weighted by molar-refractivity contribution is 0.0943. The molecule has 2 rings (SSSR count). The molecule has 110 valence electrons. The van der Waals surface area contributed by atoms with Gasteiger partial charge in [0.05, 0.1) is 6.20 Å². The summed E-state index contributed by atoms with van der Waals surface area (Å²) in [6.07, 6.45) is 3.29. The molecule has 0 bridgehead atoms. The van der Waals surface area contributed by atoms with E-state index in [0.29, 0.717) is 31.2 Å². The van der Waals surface area contributed by atoms with E-state index in [1.54, 1.807) is 13.2 Å². The molecule has 0 saturated carbocycles. The van der Waals surface area contributed by atoms with Crippen LogP contribution in [0.3, 0.4) is 0 Å². The lowest BCUT2D eigenvalue weighted by Crippen LogP contribution is -2.38. The fraction of sp³-hybridized carbons (Fsp3) is 0.667. The van der Waals surface area contributed by atoms with Crippen molar-refractivity contribution in [2.75, 3.05) is 19.6 Å². The van der Waals surface area contributed by atoms with Crippen LogP contribution in [-0.4, -0.2) is 56.6 Å². The number of rotatable bonds is 4. The Kier molecular flexibility index (Phi) is 4.54. The highest BCUT2D eigenvalue weighted by atomic mass is 16.4. The molecule has 2 N–H and O–H groups in total. The first kappa shape index (κ1) is 14.3. The van der Waals surface area contributed by atoms with Gasteiger partial charge in [-0.2, -0.15) is 0 Å². The molecule has 1 fully saturated rings. The Morgan fingerprint density at radius 3 is 2.70 bits per heavy atom. The van der Waals surface area contributed by atoms with Crippen molar-refractivity contribution in [2.24, 2.45) is 13.0 Å². The highest BCUT2D eigenvalue weighted by molar-refractivity contribution is 5.91. The van der Waals surface area contributed by atoms with Crippen LogP contribution >= 0.6 is 0 Å². The number of likely N-dealkylation sites (tertiary alicyclic amines) is 1. The summed E-state index contributed by atoms with van der Waals surface area (Å²) >= 11 is 0. The summed E-state index contributed by atoms with van der Waals surface area (Å²) in [5, 5.41) is 19.1. The first-order valence-electron chi connectivity index (χ1n) is 6.68. The number of aromatic nitrogens is 3. The Morgan fingerprint density at radius 1 is 1.45 bits per heavy atom. The molecule has 0 aromatic carbocycles. The number of carboxylic acid groups (broad SMARTS) is 1. The second-order valence-corrected chi connectivity index (χ2v) is 5.04. The molecule has 1 aromatic rings. The topological polar surface area (TPSA) is 100 Å². The average molecular weight is 281 g/mol. The SMILES string of the molecule is Cn1cc(C(=O)NCCC2CCN(C(=O)O)CC2)nn1. The predicted molar refractivity (Wildman–Crippen MR) is 70.3 cm³/mol. The number of amides is 2. The van der Waals surface area contributed by atoms with E-state index in [4.69, 9.17) is 5.11 Å². The van der Waals surface area contributed by atoms with E-state index < -0.39 is 6.09 Å². The maximum atomic E-state index is 11.7. The van der Waals surface area contributed by atoms with Gasteiger partial charge >= 0.3 is 6.09 Å². The molecule has 0 radical (unpaired) electrons. The van der Waals surface area contributed by atoms with Crippen LogP contribution in [0.15, 0.2) is 6.20 Å². The second kappa shape index (κ2) is 6.36. The Labute approximate surface area is 116 Å². The van der Waals surface area contributed by atoms with E-state index in [1.807, 2.05) is 0 Å².